The molecule has 88 valence electrons. The summed E-state index contributed by atoms with van der Waals surface area (Å²) in [5.41, 5.74) is 0.790. The highest BCUT2D eigenvalue weighted by molar-refractivity contribution is 6.44. The van der Waals surface area contributed by atoms with Gasteiger partial charge in [0.2, 0.25) is 0 Å². The van der Waals surface area contributed by atoms with Crippen LogP contribution in [0.5, 0.6) is 0 Å². The number of nitrogens with one attached hydrogen (secondary N) is 1. The van der Waals surface area contributed by atoms with Crippen molar-refractivity contribution in [1.82, 2.24) is 9.78 Å². The van der Waals surface area contributed by atoms with Gasteiger partial charge in [0.25, 0.3) is 5.91 Å². The van der Waals surface area contributed by atoms with Gasteiger partial charge in [-0.2, -0.15) is 5.10 Å². The fraction of sp³-hybridized carbons (Fsp3) is 0.0909. The molecule has 0 spiro atoms. The Hall–Kier alpha value is -1.52. The van der Waals surface area contributed by atoms with Crippen molar-refractivity contribution in [2.75, 3.05) is 5.32 Å². The molecule has 0 aliphatic heterocycles. The molecule has 0 atom stereocenters. The van der Waals surface area contributed by atoms with E-state index in [0.717, 1.165) is 0 Å². The number of halogens is 2. The number of hydrogen-bond acceptors (Lipinski definition) is 2. The van der Waals surface area contributed by atoms with E-state index in [1.54, 1.807) is 42.2 Å². The highest BCUT2D eigenvalue weighted by atomic mass is 35.5. The molecule has 0 fully saturated rings. The number of rotatable bonds is 2. The van der Waals surface area contributed by atoms with Crippen molar-refractivity contribution in [2.45, 2.75) is 0 Å². The van der Waals surface area contributed by atoms with Gasteiger partial charge in [0, 0.05) is 13.2 Å². The van der Waals surface area contributed by atoms with E-state index in [9.17, 15) is 4.79 Å². The second-order valence-electron chi connectivity index (χ2n) is 3.43. The maximum Gasteiger partial charge on any atom is 0.276 e. The van der Waals surface area contributed by atoms with Gasteiger partial charge in [-0.15, -0.1) is 0 Å². The first-order valence-corrected chi connectivity index (χ1v) is 5.58. The molecule has 0 saturated heterocycles. The van der Waals surface area contributed by atoms with Crippen LogP contribution in [0.3, 0.4) is 0 Å². The van der Waals surface area contributed by atoms with Crippen molar-refractivity contribution in [3.05, 3.63) is 46.2 Å². The van der Waals surface area contributed by atoms with E-state index in [1.165, 1.54) is 0 Å². The molecule has 1 aromatic heterocycles. The lowest BCUT2D eigenvalue weighted by atomic mass is 10.3. The summed E-state index contributed by atoms with van der Waals surface area (Å²) in [6.45, 7) is 0. The second-order valence-corrected chi connectivity index (χ2v) is 4.22. The van der Waals surface area contributed by atoms with Gasteiger partial charge in [-0.25, -0.2) is 0 Å². The van der Waals surface area contributed by atoms with Crippen LogP contribution in [0.25, 0.3) is 0 Å². The zero-order valence-corrected chi connectivity index (χ0v) is 10.5. The van der Waals surface area contributed by atoms with Crippen LogP contribution in [-0.2, 0) is 7.05 Å². The van der Waals surface area contributed by atoms with Gasteiger partial charge >= 0.3 is 0 Å². The van der Waals surface area contributed by atoms with Crippen LogP contribution in [0, 0.1) is 0 Å². The minimum absolute atomic E-state index is 0.318. The maximum atomic E-state index is 11.8. The molecule has 1 N–H and O–H groups in total. The molecule has 0 aliphatic carbocycles. The fourth-order valence-corrected chi connectivity index (χ4v) is 1.67. The molecule has 0 unspecified atom stereocenters. The molecule has 0 radical (unpaired) electrons. The van der Waals surface area contributed by atoms with Crippen molar-refractivity contribution in [3.8, 4) is 0 Å². The first-order valence-electron chi connectivity index (χ1n) is 4.83. The molecule has 0 saturated carbocycles. The number of benzene rings is 1. The molecule has 2 rings (SSSR count). The Morgan fingerprint density at radius 1 is 1.35 bits per heavy atom. The number of carbonyl (C=O) groups excluding carboxylic acids is 1. The Balaban J connectivity index is 2.21. The zero-order chi connectivity index (χ0) is 12.4. The lowest BCUT2D eigenvalue weighted by Gasteiger charge is -2.06. The minimum Gasteiger partial charge on any atom is -0.319 e. The van der Waals surface area contributed by atoms with Crippen molar-refractivity contribution in [1.29, 1.82) is 0 Å². The van der Waals surface area contributed by atoms with Crippen LogP contribution in [0.1, 0.15) is 10.5 Å². The van der Waals surface area contributed by atoms with E-state index in [1.807, 2.05) is 0 Å². The molecule has 0 bridgehead atoms. The molecular formula is C11H9Cl2N3O. The number of carbonyl (C=O) groups is 1. The standard InChI is InChI=1S/C11H9Cl2N3O/c1-16-6-5-9(15-16)11(17)14-8-4-2-3-7(12)10(8)13/h2-6H,1H3,(H,14,17). The topological polar surface area (TPSA) is 46.9 Å². The van der Waals surface area contributed by atoms with Crippen LogP contribution in [0.2, 0.25) is 10.0 Å². The van der Waals surface area contributed by atoms with Crippen molar-refractivity contribution < 1.29 is 4.79 Å². The summed E-state index contributed by atoms with van der Waals surface area (Å²) < 4.78 is 1.55. The van der Waals surface area contributed by atoms with Gasteiger partial charge < -0.3 is 5.32 Å². The van der Waals surface area contributed by atoms with Gasteiger partial charge in [-0.05, 0) is 18.2 Å². The molecule has 4 nitrogen and oxygen atoms in total. The van der Waals surface area contributed by atoms with Crippen LogP contribution in [-0.4, -0.2) is 15.7 Å². The second kappa shape index (κ2) is 4.77. The van der Waals surface area contributed by atoms with Gasteiger partial charge in [-0.1, -0.05) is 29.3 Å². The summed E-state index contributed by atoms with van der Waals surface area (Å²) in [7, 11) is 1.74. The Morgan fingerprint density at radius 2 is 2.12 bits per heavy atom. The van der Waals surface area contributed by atoms with Gasteiger partial charge in [-0.3, -0.25) is 9.48 Å². The Morgan fingerprint density at radius 3 is 2.76 bits per heavy atom. The number of amides is 1. The monoisotopic (exact) mass is 269 g/mol. The van der Waals surface area contributed by atoms with E-state index in [4.69, 9.17) is 23.2 Å². The lowest BCUT2D eigenvalue weighted by Crippen LogP contribution is -2.13. The predicted octanol–water partition coefficient (Wildman–Crippen LogP) is 2.98. The van der Waals surface area contributed by atoms with E-state index in [2.05, 4.69) is 10.4 Å². The fourth-order valence-electron chi connectivity index (χ4n) is 1.32. The molecule has 1 amide bonds. The molecular weight excluding hydrogens is 261 g/mol. The number of nitrogens with zero attached hydrogens (tertiary/aromatic N) is 2. The van der Waals surface area contributed by atoms with Crippen LogP contribution in [0.15, 0.2) is 30.5 Å². The lowest BCUT2D eigenvalue weighted by molar-refractivity contribution is 0.102. The van der Waals surface area contributed by atoms with Crippen molar-refractivity contribution in [2.24, 2.45) is 7.05 Å². The highest BCUT2D eigenvalue weighted by Gasteiger charge is 2.11. The normalized spacial score (nSPS) is 10.3. The summed E-state index contributed by atoms with van der Waals surface area (Å²) in [4.78, 5) is 11.8. The molecule has 1 heterocycles. The maximum absolute atomic E-state index is 11.8. The summed E-state index contributed by atoms with van der Waals surface area (Å²) in [6, 6.07) is 6.66. The Bertz CT molecular complexity index is 566. The molecule has 17 heavy (non-hydrogen) atoms. The van der Waals surface area contributed by atoms with E-state index < -0.39 is 0 Å². The third-order valence-electron chi connectivity index (χ3n) is 2.15. The highest BCUT2D eigenvalue weighted by Crippen LogP contribution is 2.29. The van der Waals surface area contributed by atoms with Gasteiger partial charge in [0.15, 0.2) is 5.69 Å². The number of hydrogen-bond donors (Lipinski definition) is 1. The largest absolute Gasteiger partial charge is 0.319 e. The number of anilines is 1. The van der Waals surface area contributed by atoms with E-state index in [0.29, 0.717) is 21.4 Å². The average Bonchev–Trinajstić information content (AvgIpc) is 2.72. The third kappa shape index (κ3) is 2.60. The third-order valence-corrected chi connectivity index (χ3v) is 2.96. The molecule has 1 aromatic carbocycles. The van der Waals surface area contributed by atoms with Crippen LogP contribution in [0.4, 0.5) is 5.69 Å². The van der Waals surface area contributed by atoms with Gasteiger partial charge in [0.05, 0.1) is 15.7 Å². The van der Waals surface area contributed by atoms with Crippen LogP contribution >= 0.6 is 23.2 Å². The van der Waals surface area contributed by atoms with E-state index >= 15 is 0 Å². The van der Waals surface area contributed by atoms with E-state index in [-0.39, 0.29) is 5.91 Å². The molecule has 0 aliphatic rings. The minimum atomic E-state index is -0.324. The number of aromatic nitrogens is 2. The smallest absolute Gasteiger partial charge is 0.276 e. The van der Waals surface area contributed by atoms with Gasteiger partial charge in [0.1, 0.15) is 0 Å². The Labute approximate surface area is 108 Å². The van der Waals surface area contributed by atoms with Crippen molar-refractivity contribution >= 4 is 34.8 Å². The first-order chi connectivity index (χ1) is 8.08. The summed E-state index contributed by atoms with van der Waals surface area (Å²) >= 11 is 11.8. The quantitative estimate of drug-likeness (QED) is 0.911. The Kier molecular flexibility index (Phi) is 3.36. The molecule has 6 heteroatoms. The average molecular weight is 270 g/mol. The predicted molar refractivity (Wildman–Crippen MR) is 67.6 cm³/mol. The molecule has 2 aromatic rings. The van der Waals surface area contributed by atoms with Crippen LogP contribution < -0.4 is 5.32 Å². The summed E-state index contributed by atoms with van der Waals surface area (Å²) in [5, 5.41) is 7.35. The first kappa shape index (κ1) is 12.0. The van der Waals surface area contributed by atoms with Crippen molar-refractivity contribution in [3.63, 3.8) is 0 Å². The SMILES string of the molecule is Cn1ccc(C(=O)Nc2cccc(Cl)c2Cl)n1. The zero-order valence-electron chi connectivity index (χ0n) is 8.95. The summed E-state index contributed by atoms with van der Waals surface area (Å²) in [5.74, 6) is -0.324. The summed E-state index contributed by atoms with van der Waals surface area (Å²) in [6.07, 6.45) is 1.69. The number of aryl methyl sites for hydroxylation is 1.